The normalized spacial score (nSPS) is 27.4. The van der Waals surface area contributed by atoms with E-state index in [2.05, 4.69) is 27.7 Å². The number of anilines is 1. The van der Waals surface area contributed by atoms with Gasteiger partial charge in [-0.1, -0.05) is 37.3 Å². The maximum absolute atomic E-state index is 13.3. The fourth-order valence-electron chi connectivity index (χ4n) is 5.05. The Kier molecular flexibility index (Phi) is 4.80. The lowest BCUT2D eigenvalue weighted by Gasteiger charge is -2.26. The van der Waals surface area contributed by atoms with Crippen molar-refractivity contribution in [2.75, 3.05) is 5.32 Å². The van der Waals surface area contributed by atoms with E-state index in [1.54, 1.807) is 19.1 Å². The van der Waals surface area contributed by atoms with Gasteiger partial charge >= 0.3 is 0 Å². The first-order chi connectivity index (χ1) is 14.8. The highest BCUT2D eigenvalue weighted by Crippen LogP contribution is 2.54. The monoisotopic (exact) mass is 440 g/mol. The molecule has 1 aliphatic heterocycles. The Morgan fingerprint density at radius 3 is 2.42 bits per heavy atom. The van der Waals surface area contributed by atoms with Crippen LogP contribution in [-0.2, 0) is 14.4 Å². The smallest absolute Gasteiger partial charge is 0.234 e. The quantitative estimate of drug-likeness (QED) is 0.545. The molecule has 0 spiro atoms. The Hall–Kier alpha value is -2.81. The lowest BCUT2D eigenvalue weighted by Crippen LogP contribution is -2.38. The number of furan rings is 1. The first-order valence-corrected chi connectivity index (χ1v) is 11.4. The Morgan fingerprint density at radius 1 is 1.19 bits per heavy atom. The summed E-state index contributed by atoms with van der Waals surface area (Å²) in [5.41, 5.74) is 0. The number of hydrogen-bond donors (Lipinski definition) is 1. The molecule has 2 aromatic heterocycles. The third-order valence-corrected chi connectivity index (χ3v) is 7.60. The molecule has 3 aliphatic rings. The van der Waals surface area contributed by atoms with Crippen molar-refractivity contribution in [2.24, 2.45) is 23.7 Å². The molecule has 3 heterocycles. The second kappa shape index (κ2) is 7.40. The third kappa shape index (κ3) is 3.31. The van der Waals surface area contributed by atoms with Crippen LogP contribution in [0.4, 0.5) is 5.13 Å². The molecule has 2 fully saturated rings. The van der Waals surface area contributed by atoms with Crippen LogP contribution in [0.5, 0.6) is 0 Å². The molecule has 162 valence electrons. The van der Waals surface area contributed by atoms with Gasteiger partial charge in [0, 0.05) is 5.92 Å². The van der Waals surface area contributed by atoms with Crippen LogP contribution in [0.1, 0.15) is 55.2 Å². The van der Waals surface area contributed by atoms with Gasteiger partial charge in [0.25, 0.3) is 0 Å². The number of fused-ring (bicyclic) bond motifs is 5. The molecule has 1 N–H and O–H groups in total. The predicted molar refractivity (Wildman–Crippen MR) is 113 cm³/mol. The molecule has 2 aliphatic carbocycles. The molecule has 9 heteroatoms. The third-order valence-electron chi connectivity index (χ3n) is 6.47. The number of likely N-dealkylation sites (tertiary alicyclic amines) is 1. The van der Waals surface area contributed by atoms with Crippen molar-refractivity contribution in [1.82, 2.24) is 15.1 Å². The Morgan fingerprint density at radius 2 is 1.87 bits per heavy atom. The van der Waals surface area contributed by atoms with E-state index in [1.165, 1.54) is 16.2 Å². The number of rotatable bonds is 6. The maximum Gasteiger partial charge on any atom is 0.234 e. The van der Waals surface area contributed by atoms with Crippen molar-refractivity contribution >= 4 is 34.2 Å². The van der Waals surface area contributed by atoms with Crippen LogP contribution < -0.4 is 5.32 Å². The summed E-state index contributed by atoms with van der Waals surface area (Å²) in [6, 6.07) is 2.73. The fraction of sp³-hybridized carbons (Fsp3) is 0.500. The average Bonchev–Trinajstić information content (AvgIpc) is 3.51. The van der Waals surface area contributed by atoms with Crippen molar-refractivity contribution in [1.29, 1.82) is 0 Å². The topological polar surface area (TPSA) is 105 Å². The van der Waals surface area contributed by atoms with Gasteiger partial charge in [-0.15, -0.1) is 10.2 Å². The van der Waals surface area contributed by atoms with E-state index in [-0.39, 0.29) is 53.7 Å². The largest absolute Gasteiger partial charge is 0.464 e. The van der Waals surface area contributed by atoms with Crippen molar-refractivity contribution in [3.05, 3.63) is 40.8 Å². The minimum Gasteiger partial charge on any atom is -0.464 e. The fourth-order valence-corrected chi connectivity index (χ4v) is 5.81. The molecule has 5 unspecified atom stereocenters. The van der Waals surface area contributed by atoms with Crippen LogP contribution in [0.2, 0.25) is 0 Å². The standard InChI is InChI=1S/C22H24N4O4S/c1-10(2)19-24-25-22(31-19)23-16(27)9-14(15-7-4-11(3)30-15)26-20(28)17-12-5-6-13(8-12)18(17)21(26)29/h4-7,10,12-14,17-18H,8-9H2,1-3H3,(H,23,25,27). The van der Waals surface area contributed by atoms with E-state index in [0.29, 0.717) is 16.7 Å². The number of amides is 3. The van der Waals surface area contributed by atoms with Gasteiger partial charge < -0.3 is 9.73 Å². The Labute approximate surface area is 183 Å². The summed E-state index contributed by atoms with van der Waals surface area (Å²) in [4.78, 5) is 40.7. The molecule has 8 nitrogen and oxygen atoms in total. The molecule has 5 rings (SSSR count). The first kappa shape index (κ1) is 20.1. The van der Waals surface area contributed by atoms with Gasteiger partial charge in [-0.25, -0.2) is 0 Å². The number of aromatic nitrogens is 2. The molecular weight excluding hydrogens is 416 g/mol. The number of carbonyl (C=O) groups excluding carboxylic acids is 3. The molecule has 3 amide bonds. The van der Waals surface area contributed by atoms with Crippen molar-refractivity contribution in [3.63, 3.8) is 0 Å². The van der Waals surface area contributed by atoms with Crippen LogP contribution >= 0.6 is 11.3 Å². The van der Waals surface area contributed by atoms with Gasteiger partial charge in [-0.05, 0) is 37.3 Å². The number of nitrogens with zero attached hydrogens (tertiary/aromatic N) is 3. The van der Waals surface area contributed by atoms with E-state index in [4.69, 9.17) is 4.42 Å². The van der Waals surface area contributed by atoms with E-state index in [1.807, 2.05) is 13.8 Å². The average molecular weight is 441 g/mol. The van der Waals surface area contributed by atoms with Gasteiger partial charge in [-0.2, -0.15) is 0 Å². The highest BCUT2D eigenvalue weighted by Gasteiger charge is 2.60. The summed E-state index contributed by atoms with van der Waals surface area (Å²) in [5.74, 6) is 0.159. The zero-order valence-electron chi connectivity index (χ0n) is 17.6. The molecule has 31 heavy (non-hydrogen) atoms. The molecule has 2 aromatic rings. The van der Waals surface area contributed by atoms with E-state index in [9.17, 15) is 14.4 Å². The van der Waals surface area contributed by atoms with Crippen molar-refractivity contribution in [2.45, 2.75) is 45.6 Å². The summed E-state index contributed by atoms with van der Waals surface area (Å²) >= 11 is 1.32. The van der Waals surface area contributed by atoms with Crippen LogP contribution in [-0.4, -0.2) is 32.8 Å². The predicted octanol–water partition coefficient (Wildman–Crippen LogP) is 3.44. The van der Waals surface area contributed by atoms with Crippen LogP contribution in [0.15, 0.2) is 28.7 Å². The molecule has 0 aromatic carbocycles. The molecule has 2 bridgehead atoms. The lowest BCUT2D eigenvalue weighted by molar-refractivity contribution is -0.144. The summed E-state index contributed by atoms with van der Waals surface area (Å²) < 4.78 is 5.77. The number of allylic oxidation sites excluding steroid dienone is 2. The number of nitrogens with one attached hydrogen (secondary N) is 1. The minimum atomic E-state index is -0.781. The second-order valence-electron chi connectivity index (χ2n) is 8.86. The van der Waals surface area contributed by atoms with Crippen LogP contribution in [0, 0.1) is 30.6 Å². The number of hydrogen-bond acceptors (Lipinski definition) is 7. The second-order valence-corrected chi connectivity index (χ2v) is 9.87. The Balaban J connectivity index is 1.40. The molecule has 1 saturated carbocycles. The molecule has 5 atom stereocenters. The van der Waals surface area contributed by atoms with Gasteiger partial charge in [0.1, 0.15) is 22.6 Å². The SMILES string of the molecule is Cc1ccc(C(CC(=O)Nc2nnc(C(C)C)s2)N2C(=O)C3C4C=CC(C4)C3C2=O)o1. The molecule has 1 saturated heterocycles. The summed E-state index contributed by atoms with van der Waals surface area (Å²) in [6.45, 7) is 5.80. The molecule has 0 radical (unpaired) electrons. The number of carbonyl (C=O) groups is 3. The van der Waals surface area contributed by atoms with Gasteiger partial charge in [0.05, 0.1) is 18.3 Å². The molecular formula is C22H24N4O4S. The van der Waals surface area contributed by atoms with Crippen LogP contribution in [0.25, 0.3) is 0 Å². The highest BCUT2D eigenvalue weighted by molar-refractivity contribution is 7.15. The highest BCUT2D eigenvalue weighted by atomic mass is 32.1. The van der Waals surface area contributed by atoms with Crippen molar-refractivity contribution in [3.8, 4) is 0 Å². The van der Waals surface area contributed by atoms with E-state index < -0.39 is 6.04 Å². The van der Waals surface area contributed by atoms with Crippen molar-refractivity contribution < 1.29 is 18.8 Å². The van der Waals surface area contributed by atoms with Gasteiger partial charge in [0.15, 0.2) is 0 Å². The van der Waals surface area contributed by atoms with Crippen LogP contribution in [0.3, 0.4) is 0 Å². The summed E-state index contributed by atoms with van der Waals surface area (Å²) in [7, 11) is 0. The minimum absolute atomic E-state index is 0.0940. The summed E-state index contributed by atoms with van der Waals surface area (Å²) in [5, 5.41) is 12.1. The summed E-state index contributed by atoms with van der Waals surface area (Å²) in [6.07, 6.45) is 4.88. The maximum atomic E-state index is 13.3. The van der Waals surface area contributed by atoms with Gasteiger partial charge in [0.2, 0.25) is 22.9 Å². The zero-order valence-corrected chi connectivity index (χ0v) is 18.4. The Bertz CT molecular complexity index is 1060. The van der Waals surface area contributed by atoms with Gasteiger partial charge in [-0.3, -0.25) is 19.3 Å². The first-order valence-electron chi connectivity index (χ1n) is 10.6. The van der Waals surface area contributed by atoms with E-state index in [0.717, 1.165) is 11.4 Å². The number of imide groups is 1. The van der Waals surface area contributed by atoms with E-state index >= 15 is 0 Å². The number of aryl methyl sites for hydroxylation is 1. The lowest BCUT2D eigenvalue weighted by atomic mass is 9.85. The zero-order chi connectivity index (χ0) is 21.9.